The number of hydrogen-bond acceptors (Lipinski definition) is 5. The fraction of sp³-hybridized carbons (Fsp3) is 0.444. The van der Waals surface area contributed by atoms with E-state index in [1.165, 1.54) is 85.1 Å². The van der Waals surface area contributed by atoms with Gasteiger partial charge < -0.3 is 0 Å². The Morgan fingerprint density at radius 1 is 0.346 bits per heavy atom. The molecule has 0 atom stereocenters. The third-order valence-electron chi connectivity index (χ3n) is 21.1. The molecular weight excluding hydrogens is 946 g/mol. The Kier molecular flexibility index (Phi) is 11.0. The van der Waals surface area contributed by atoms with E-state index in [9.17, 15) is 0 Å². The Morgan fingerprint density at radius 3 is 0.974 bits per heavy atom. The minimum absolute atomic E-state index is 0.00175. The van der Waals surface area contributed by atoms with E-state index in [0.717, 1.165) is 72.9 Å². The van der Waals surface area contributed by atoms with Gasteiger partial charge in [-0.3, -0.25) is 14.7 Å². The van der Waals surface area contributed by atoms with Crippen LogP contribution >= 0.6 is 0 Å². The number of nitrogens with zero attached hydrogens (tertiary/aromatic N) is 5. The third-order valence-corrected chi connectivity index (χ3v) is 21.1. The first-order chi connectivity index (χ1) is 36.6. The highest BCUT2D eigenvalue weighted by atomic mass is 15.3. The van der Waals surface area contributed by atoms with Crippen LogP contribution in [-0.2, 0) is 43.3 Å². The van der Waals surface area contributed by atoms with Gasteiger partial charge >= 0.3 is 0 Å². The minimum atomic E-state index is -0.137. The number of para-hydroxylation sites is 2. The molecule has 400 valence electrons. The first-order valence-corrected chi connectivity index (χ1v) is 29.7. The van der Waals surface area contributed by atoms with Gasteiger partial charge in [-0.1, -0.05) is 171 Å². The zero-order valence-corrected chi connectivity index (χ0v) is 50.0. The van der Waals surface area contributed by atoms with E-state index in [1.54, 1.807) is 0 Å². The highest BCUT2D eigenvalue weighted by Crippen LogP contribution is 2.55. The van der Waals surface area contributed by atoms with Crippen molar-refractivity contribution in [1.29, 1.82) is 0 Å². The Balaban J connectivity index is 1.21. The number of hydrogen-bond donors (Lipinski definition) is 0. The molecule has 0 fully saturated rings. The molecule has 0 unspecified atom stereocenters. The summed E-state index contributed by atoms with van der Waals surface area (Å²) in [6, 6.07) is 47.2. The van der Waals surface area contributed by atoms with Gasteiger partial charge in [-0.05, 0) is 211 Å². The Bertz CT molecular complexity index is 3380. The van der Waals surface area contributed by atoms with E-state index in [2.05, 4.69) is 247 Å². The summed E-state index contributed by atoms with van der Waals surface area (Å²) >= 11 is 0. The van der Waals surface area contributed by atoms with Crippen LogP contribution in [-0.4, -0.2) is 16.7 Å². The lowest BCUT2D eigenvalue weighted by molar-refractivity contribution is 0.332. The average molecular weight is 1030 g/mol. The Hall–Kier alpha value is -6.14. The van der Waals surface area contributed by atoms with Crippen LogP contribution in [0.15, 0.2) is 121 Å². The van der Waals surface area contributed by atoms with Crippen molar-refractivity contribution in [2.45, 2.75) is 205 Å². The summed E-state index contributed by atoms with van der Waals surface area (Å²) in [5.41, 5.74) is 22.5. The van der Waals surface area contributed by atoms with Crippen LogP contribution in [0.5, 0.6) is 0 Å². The molecule has 0 bridgehead atoms. The standard InChI is InChI=1S/C72H84BN5/c1-65(2)31-33-67(5,6)51-39-47(27-29-49(51)65)77-59-43-55-53(69(9,10)35-37-71(55,13)14)41-57(59)73-58-42-54-56(72(15,16)38-36-70(54,11)12)44-60(58)78(48-28-30-50-52(40-48)68(7,8)34-32-66(50,3)4)63-61(73)62(77)74-64(75-63)76(45-23-19-17-20-24-45)46-25-21-18-22-26-46/h17-30,39-44H,31-38H2,1-16H3. The van der Waals surface area contributed by atoms with Crippen LogP contribution in [0.3, 0.4) is 0 Å². The molecule has 4 aliphatic carbocycles. The summed E-state index contributed by atoms with van der Waals surface area (Å²) in [6.07, 6.45) is 9.17. The average Bonchev–Trinajstić information content (AvgIpc) is 2.28. The molecule has 2 aliphatic heterocycles. The normalized spacial score (nSPS) is 21.4. The van der Waals surface area contributed by atoms with Gasteiger partial charge in [0.15, 0.2) is 0 Å². The van der Waals surface area contributed by atoms with E-state index < -0.39 is 0 Å². The van der Waals surface area contributed by atoms with Crippen molar-refractivity contribution in [2.75, 3.05) is 14.7 Å². The molecule has 78 heavy (non-hydrogen) atoms. The highest BCUT2D eigenvalue weighted by Gasteiger charge is 2.51. The van der Waals surface area contributed by atoms with Crippen molar-refractivity contribution in [1.82, 2.24) is 9.97 Å². The molecule has 5 nitrogen and oxygen atoms in total. The van der Waals surface area contributed by atoms with Gasteiger partial charge in [0.2, 0.25) is 5.95 Å². The van der Waals surface area contributed by atoms with Crippen LogP contribution in [0.4, 0.5) is 51.7 Å². The summed E-state index contributed by atoms with van der Waals surface area (Å²) in [6.45, 7) is 39.4. The lowest BCUT2D eigenvalue weighted by atomic mass is 9.33. The smallest absolute Gasteiger partial charge is 0.256 e. The van der Waals surface area contributed by atoms with E-state index >= 15 is 0 Å². The molecule has 0 N–H and O–H groups in total. The van der Waals surface area contributed by atoms with Crippen LogP contribution in [0.2, 0.25) is 0 Å². The second kappa shape index (κ2) is 16.7. The predicted molar refractivity (Wildman–Crippen MR) is 332 cm³/mol. The van der Waals surface area contributed by atoms with Gasteiger partial charge in [0.1, 0.15) is 11.6 Å². The maximum Gasteiger partial charge on any atom is 0.256 e. The van der Waals surface area contributed by atoms with Crippen molar-refractivity contribution in [3.8, 4) is 0 Å². The summed E-state index contributed by atoms with van der Waals surface area (Å²) < 4.78 is 0. The Morgan fingerprint density at radius 2 is 0.641 bits per heavy atom. The number of benzene rings is 6. The summed E-state index contributed by atoms with van der Waals surface area (Å²) in [4.78, 5) is 19.8. The largest absolute Gasteiger partial charge is 0.296 e. The first-order valence-electron chi connectivity index (χ1n) is 29.7. The lowest BCUT2D eigenvalue weighted by Gasteiger charge is -2.48. The maximum atomic E-state index is 6.14. The highest BCUT2D eigenvalue weighted by molar-refractivity contribution is 7.00. The van der Waals surface area contributed by atoms with Gasteiger partial charge in [-0.25, -0.2) is 0 Å². The maximum absolute atomic E-state index is 6.14. The number of anilines is 9. The van der Waals surface area contributed by atoms with E-state index in [-0.39, 0.29) is 50.0 Å². The molecule has 13 rings (SSSR count). The second-order valence-corrected chi connectivity index (χ2v) is 30.1. The minimum Gasteiger partial charge on any atom is -0.296 e. The monoisotopic (exact) mass is 1030 g/mol. The lowest BCUT2D eigenvalue weighted by Crippen LogP contribution is -2.63. The zero-order chi connectivity index (χ0) is 55.1. The number of aromatic nitrogens is 2. The summed E-state index contributed by atoms with van der Waals surface area (Å²) in [5, 5.41) is 0. The molecular formula is C72H84BN5. The second-order valence-electron chi connectivity index (χ2n) is 30.1. The Labute approximate surface area is 468 Å². The van der Waals surface area contributed by atoms with Crippen LogP contribution in [0.1, 0.15) is 207 Å². The fourth-order valence-corrected chi connectivity index (χ4v) is 15.4. The first kappa shape index (κ1) is 51.3. The molecule has 1 aromatic heterocycles. The van der Waals surface area contributed by atoms with Crippen molar-refractivity contribution >= 4 is 74.8 Å². The van der Waals surface area contributed by atoms with E-state index in [4.69, 9.17) is 9.97 Å². The fourth-order valence-electron chi connectivity index (χ4n) is 15.4. The molecule has 0 saturated carbocycles. The molecule has 0 radical (unpaired) electrons. The van der Waals surface area contributed by atoms with E-state index in [1.807, 2.05) is 0 Å². The molecule has 6 aromatic carbocycles. The predicted octanol–water partition coefficient (Wildman–Crippen LogP) is 17.4. The van der Waals surface area contributed by atoms with Crippen LogP contribution < -0.4 is 31.1 Å². The van der Waals surface area contributed by atoms with Crippen LogP contribution in [0.25, 0.3) is 0 Å². The quantitative estimate of drug-likeness (QED) is 0.161. The molecule has 6 aliphatic rings. The van der Waals surface area contributed by atoms with Gasteiger partial charge in [-0.15, -0.1) is 0 Å². The van der Waals surface area contributed by atoms with Crippen molar-refractivity contribution < 1.29 is 0 Å². The van der Waals surface area contributed by atoms with Gasteiger partial charge in [0.05, 0.1) is 0 Å². The molecule has 0 saturated heterocycles. The van der Waals surface area contributed by atoms with Crippen molar-refractivity contribution in [2.24, 2.45) is 0 Å². The van der Waals surface area contributed by atoms with Crippen molar-refractivity contribution in [3.63, 3.8) is 0 Å². The number of rotatable bonds is 5. The molecule has 0 amide bonds. The SMILES string of the molecule is CC1(C)CCC(C)(C)c2cc(N3c4cc5c(cc4B4c6cc7c(cc6N(c6ccc8c(c6)C(C)(C)CCC8(C)C)c6nc(N(c8ccccc8)c8ccccc8)nc3c64)C(C)(C)CCC7(C)C)C(C)(C)CCC5(C)C)ccc21. The molecule has 3 heterocycles. The molecule has 6 heteroatoms. The van der Waals surface area contributed by atoms with Crippen molar-refractivity contribution in [3.05, 3.63) is 166 Å². The van der Waals surface area contributed by atoms with Crippen LogP contribution in [0, 0.1) is 0 Å². The van der Waals surface area contributed by atoms with E-state index in [0.29, 0.717) is 5.95 Å². The van der Waals surface area contributed by atoms with Gasteiger partial charge in [-0.2, -0.15) is 9.97 Å². The summed E-state index contributed by atoms with van der Waals surface area (Å²) in [5.74, 6) is 2.56. The zero-order valence-electron chi connectivity index (χ0n) is 50.0. The third kappa shape index (κ3) is 7.67. The summed E-state index contributed by atoms with van der Waals surface area (Å²) in [7, 11) is 0. The molecule has 0 spiro atoms. The van der Waals surface area contributed by atoms with Gasteiger partial charge in [0, 0.05) is 39.6 Å². The number of fused-ring (bicyclic) bond motifs is 8. The molecule has 7 aromatic rings. The van der Waals surface area contributed by atoms with Gasteiger partial charge in [0.25, 0.3) is 6.71 Å². The topological polar surface area (TPSA) is 35.5 Å².